The highest BCUT2D eigenvalue weighted by molar-refractivity contribution is 7.71. The highest BCUT2D eigenvalue weighted by Crippen LogP contribution is 2.32. The third-order valence-corrected chi connectivity index (χ3v) is 2.56. The summed E-state index contributed by atoms with van der Waals surface area (Å²) in [6, 6.07) is 4.30. The van der Waals surface area contributed by atoms with Crippen molar-refractivity contribution in [2.24, 2.45) is 0 Å². The second-order valence-electron chi connectivity index (χ2n) is 3.36. The molecule has 0 unspecified atom stereocenters. The smallest absolute Gasteiger partial charge is 0.352 e. The molecule has 6 heteroatoms. The maximum absolute atomic E-state index is 12.6. The van der Waals surface area contributed by atoms with Crippen molar-refractivity contribution in [3.63, 3.8) is 0 Å². The van der Waals surface area contributed by atoms with Crippen molar-refractivity contribution in [2.45, 2.75) is 6.18 Å². The third-order valence-electron chi connectivity index (χ3n) is 2.22. The topological polar surface area (TPSA) is 28.7 Å². The Morgan fingerprint density at radius 1 is 1.12 bits per heavy atom. The fraction of sp³-hybridized carbons (Fsp3) is 0.0909. The number of nitrogens with one attached hydrogen (secondary N) is 1. The summed E-state index contributed by atoms with van der Waals surface area (Å²) in [4.78, 5) is 6.25. The summed E-state index contributed by atoms with van der Waals surface area (Å²) in [6.07, 6.45) is 0.0396. The molecule has 0 fully saturated rings. The second kappa shape index (κ2) is 4.29. The first-order chi connectivity index (χ1) is 7.98. The number of alkyl halides is 3. The Hall–Kier alpha value is -1.69. The number of nitrogens with zero attached hydrogens (tertiary/aromatic N) is 1. The molecule has 88 valence electrons. The van der Waals surface area contributed by atoms with Crippen LogP contribution in [0.1, 0.15) is 5.56 Å². The monoisotopic (exact) mass is 256 g/mol. The van der Waals surface area contributed by atoms with Crippen molar-refractivity contribution in [1.82, 2.24) is 9.97 Å². The van der Waals surface area contributed by atoms with Gasteiger partial charge in [0.1, 0.15) is 4.64 Å². The van der Waals surface area contributed by atoms with Gasteiger partial charge in [-0.05, 0) is 29.3 Å². The van der Waals surface area contributed by atoms with E-state index in [0.717, 1.165) is 6.07 Å². The molecule has 1 N–H and O–H groups in total. The first-order valence-corrected chi connectivity index (χ1v) is 5.09. The third kappa shape index (κ3) is 2.52. The molecule has 0 aromatic carbocycles. The van der Waals surface area contributed by atoms with Crippen LogP contribution in [-0.4, -0.2) is 9.97 Å². The van der Waals surface area contributed by atoms with Gasteiger partial charge in [-0.15, -0.1) is 0 Å². The number of hydrogen-bond donors (Lipinski definition) is 1. The molecule has 0 aliphatic carbocycles. The molecule has 17 heavy (non-hydrogen) atoms. The van der Waals surface area contributed by atoms with Gasteiger partial charge in [-0.2, -0.15) is 13.2 Å². The first-order valence-electron chi connectivity index (χ1n) is 4.69. The Morgan fingerprint density at radius 2 is 1.76 bits per heavy atom. The Kier molecular flexibility index (Phi) is 2.97. The fourth-order valence-electron chi connectivity index (χ4n) is 1.41. The van der Waals surface area contributed by atoms with Crippen LogP contribution < -0.4 is 0 Å². The summed E-state index contributed by atoms with van der Waals surface area (Å²) in [6.45, 7) is 0. The molecule has 0 aliphatic heterocycles. The molecular formula is C11H7F3N2S. The fourth-order valence-corrected chi connectivity index (χ4v) is 1.64. The molecule has 2 aromatic rings. The molecule has 0 aliphatic rings. The van der Waals surface area contributed by atoms with Crippen LogP contribution in [0.5, 0.6) is 0 Å². The van der Waals surface area contributed by atoms with E-state index in [1.807, 2.05) is 0 Å². The van der Waals surface area contributed by atoms with Crippen LogP contribution in [0.3, 0.4) is 0 Å². The Labute approximate surface area is 100 Å². The minimum absolute atomic E-state index is 0.310. The van der Waals surface area contributed by atoms with Crippen LogP contribution in [0.15, 0.2) is 36.8 Å². The van der Waals surface area contributed by atoms with Gasteiger partial charge in [-0.25, -0.2) is 0 Å². The van der Waals surface area contributed by atoms with Crippen LogP contribution in [0.25, 0.3) is 11.1 Å². The quantitative estimate of drug-likeness (QED) is 0.786. The zero-order chi connectivity index (χ0) is 12.5. The second-order valence-corrected chi connectivity index (χ2v) is 3.77. The van der Waals surface area contributed by atoms with Gasteiger partial charge in [0.05, 0.1) is 5.56 Å². The van der Waals surface area contributed by atoms with E-state index in [1.165, 1.54) is 18.6 Å². The highest BCUT2D eigenvalue weighted by Gasteiger charge is 2.32. The van der Waals surface area contributed by atoms with Crippen molar-refractivity contribution in [2.75, 3.05) is 0 Å². The van der Waals surface area contributed by atoms with Crippen molar-refractivity contribution in [1.29, 1.82) is 0 Å². The lowest BCUT2D eigenvalue weighted by molar-refractivity contribution is -0.138. The standard InChI is InChI=1S/C11H7F3N2S/c12-11(13,14)9-5-8(6-16-10(9)17)7-1-3-15-4-2-7/h1-6H,(H,16,17). The average Bonchev–Trinajstić information content (AvgIpc) is 2.29. The van der Waals surface area contributed by atoms with Gasteiger partial charge in [0, 0.05) is 18.6 Å². The van der Waals surface area contributed by atoms with Gasteiger partial charge in [0.15, 0.2) is 0 Å². The molecule has 0 bridgehead atoms. The van der Waals surface area contributed by atoms with Gasteiger partial charge in [0.25, 0.3) is 0 Å². The molecule has 2 nitrogen and oxygen atoms in total. The molecule has 2 heterocycles. The summed E-state index contributed by atoms with van der Waals surface area (Å²) in [5, 5.41) is 0. The Morgan fingerprint density at radius 3 is 2.35 bits per heavy atom. The number of hydrogen-bond acceptors (Lipinski definition) is 2. The maximum Gasteiger partial charge on any atom is 0.419 e. The summed E-state index contributed by atoms with van der Waals surface area (Å²) in [5.41, 5.74) is 0.242. The van der Waals surface area contributed by atoms with Gasteiger partial charge in [0.2, 0.25) is 0 Å². The minimum Gasteiger partial charge on any atom is -0.352 e. The molecule has 0 atom stereocenters. The average molecular weight is 256 g/mol. The van der Waals surface area contributed by atoms with E-state index in [-0.39, 0.29) is 4.64 Å². The molecule has 0 amide bonds. The lowest BCUT2D eigenvalue weighted by Crippen LogP contribution is -2.07. The van der Waals surface area contributed by atoms with Gasteiger partial charge < -0.3 is 4.98 Å². The van der Waals surface area contributed by atoms with E-state index in [4.69, 9.17) is 0 Å². The van der Waals surface area contributed by atoms with E-state index in [0.29, 0.717) is 11.1 Å². The lowest BCUT2D eigenvalue weighted by Gasteiger charge is -2.09. The summed E-state index contributed by atoms with van der Waals surface area (Å²) in [7, 11) is 0. The molecule has 0 spiro atoms. The Balaban J connectivity index is 2.57. The van der Waals surface area contributed by atoms with E-state index >= 15 is 0 Å². The molecule has 2 rings (SSSR count). The molecular weight excluding hydrogens is 249 g/mol. The predicted molar refractivity (Wildman–Crippen MR) is 59.9 cm³/mol. The van der Waals surface area contributed by atoms with Crippen LogP contribution in [0.4, 0.5) is 13.2 Å². The molecule has 0 saturated heterocycles. The number of H-pyrrole nitrogens is 1. The van der Waals surface area contributed by atoms with Crippen LogP contribution >= 0.6 is 12.2 Å². The van der Waals surface area contributed by atoms with Crippen molar-refractivity contribution in [3.8, 4) is 11.1 Å². The largest absolute Gasteiger partial charge is 0.419 e. The minimum atomic E-state index is -4.45. The zero-order valence-corrected chi connectivity index (χ0v) is 9.27. The number of aromatic amines is 1. The van der Waals surface area contributed by atoms with E-state index in [9.17, 15) is 13.2 Å². The lowest BCUT2D eigenvalue weighted by atomic mass is 10.1. The van der Waals surface area contributed by atoms with Gasteiger partial charge >= 0.3 is 6.18 Å². The van der Waals surface area contributed by atoms with Crippen molar-refractivity contribution >= 4 is 12.2 Å². The summed E-state index contributed by atoms with van der Waals surface area (Å²) >= 11 is 4.62. The molecule has 2 aromatic heterocycles. The van der Waals surface area contributed by atoms with Crippen molar-refractivity contribution < 1.29 is 13.2 Å². The maximum atomic E-state index is 12.6. The van der Waals surface area contributed by atoms with E-state index in [1.54, 1.807) is 12.1 Å². The molecule has 0 radical (unpaired) electrons. The van der Waals surface area contributed by atoms with Gasteiger partial charge in [-0.1, -0.05) is 12.2 Å². The van der Waals surface area contributed by atoms with Crippen LogP contribution in [0.2, 0.25) is 0 Å². The van der Waals surface area contributed by atoms with E-state index in [2.05, 4.69) is 22.2 Å². The SMILES string of the molecule is FC(F)(F)c1cc(-c2ccncc2)c[nH]c1=S. The normalized spacial score (nSPS) is 11.5. The number of rotatable bonds is 1. The van der Waals surface area contributed by atoms with Crippen LogP contribution in [-0.2, 0) is 6.18 Å². The van der Waals surface area contributed by atoms with Gasteiger partial charge in [-0.3, -0.25) is 4.98 Å². The zero-order valence-electron chi connectivity index (χ0n) is 8.45. The highest BCUT2D eigenvalue weighted by atomic mass is 32.1. The number of aromatic nitrogens is 2. The first kappa shape index (κ1) is 11.8. The van der Waals surface area contributed by atoms with Crippen LogP contribution in [0, 0.1) is 4.64 Å². The number of pyridine rings is 2. The summed E-state index contributed by atoms with van der Waals surface area (Å²) < 4.78 is 37.6. The van der Waals surface area contributed by atoms with Crippen molar-refractivity contribution in [3.05, 3.63) is 47.0 Å². The number of halogens is 3. The Bertz CT molecular complexity index is 575. The molecule has 0 saturated carbocycles. The van der Waals surface area contributed by atoms with E-state index < -0.39 is 11.7 Å². The predicted octanol–water partition coefficient (Wildman–Crippen LogP) is 3.82. The summed E-state index contributed by atoms with van der Waals surface area (Å²) in [5.74, 6) is 0.